The number of carbonyl (C=O) groups is 1. The summed E-state index contributed by atoms with van der Waals surface area (Å²) in [4.78, 5) is 17.4. The first-order valence-electron chi connectivity index (χ1n) is 19.0. The fourth-order valence-electron chi connectivity index (χ4n) is 5.64. The number of amides is 2. The third kappa shape index (κ3) is 17.0. The number of urea groups is 1. The van der Waals surface area contributed by atoms with E-state index in [1.165, 1.54) is 43.5 Å². The van der Waals surface area contributed by atoms with Gasteiger partial charge in [0.05, 0.1) is 83.0 Å². The van der Waals surface area contributed by atoms with Crippen LogP contribution in [0, 0.1) is 47.1 Å². The lowest BCUT2D eigenvalue weighted by atomic mass is 10.0. The molecule has 0 spiro atoms. The van der Waals surface area contributed by atoms with Gasteiger partial charge < -0.3 is 26.0 Å². The first kappa shape index (κ1) is 58.7. The summed E-state index contributed by atoms with van der Waals surface area (Å²) < 4.78 is 198. The van der Waals surface area contributed by atoms with Crippen LogP contribution in [0.2, 0.25) is 0 Å². The van der Waals surface area contributed by atoms with Gasteiger partial charge in [0.15, 0.2) is 21.5 Å². The van der Waals surface area contributed by atoms with Crippen LogP contribution in [-0.4, -0.2) is 23.3 Å². The minimum Gasteiger partial charge on any atom is -0.490 e. The predicted octanol–water partition coefficient (Wildman–Crippen LogP) is 14.8. The van der Waals surface area contributed by atoms with E-state index in [-0.39, 0.29) is 39.3 Å². The summed E-state index contributed by atoms with van der Waals surface area (Å²) >= 11 is 9.67. The highest BCUT2D eigenvalue weighted by molar-refractivity contribution is 7.80. The molecule has 0 heterocycles. The second kappa shape index (κ2) is 24.0. The van der Waals surface area contributed by atoms with Crippen LogP contribution in [0.15, 0.2) is 91.0 Å². The summed E-state index contributed by atoms with van der Waals surface area (Å²) in [5.41, 5.74) is -9.23. The standard InChI is InChI=1S/C17H8F6N4O.C17H8F6N4S.C11H8F3NOS/c2*1-25-14-5-4-11(7-13(14)17(21,22)23)27-15(28)26-10-3-2-9(8-24)12(6-10)16(18,19)20;1-16-10(17)5-7-2-3-8(6-15)9(4-7)11(12,13)14/h2*2-7H,(H2,26,27,28);2-4H,5H2,1H3. The first-order valence-corrected chi connectivity index (χ1v) is 19.8. The van der Waals surface area contributed by atoms with E-state index in [4.69, 9.17) is 58.1 Å². The Hall–Kier alpha value is -8.65. The number of alkyl halides is 15. The molecule has 0 aliphatic heterocycles. The molecule has 4 N–H and O–H groups in total. The number of nitriles is 3. The predicted molar refractivity (Wildman–Crippen MR) is 240 cm³/mol. The van der Waals surface area contributed by atoms with Gasteiger partial charge in [-0.2, -0.15) is 81.6 Å². The normalized spacial score (nSPS) is 11.2. The molecule has 0 saturated carbocycles. The molecule has 0 radical (unpaired) electrons. The van der Waals surface area contributed by atoms with Gasteiger partial charge in [0.25, 0.3) is 0 Å². The van der Waals surface area contributed by atoms with Gasteiger partial charge in [-0.25, -0.2) is 14.5 Å². The van der Waals surface area contributed by atoms with E-state index >= 15 is 0 Å². The van der Waals surface area contributed by atoms with Crippen LogP contribution < -0.4 is 21.3 Å². The molecule has 5 rings (SSSR count). The molecule has 5 aromatic carbocycles. The summed E-state index contributed by atoms with van der Waals surface area (Å²) in [6.45, 7) is 13.5. The molecule has 2 amide bonds. The van der Waals surface area contributed by atoms with Crippen molar-refractivity contribution in [1.82, 2.24) is 0 Å². The van der Waals surface area contributed by atoms with E-state index in [0.717, 1.165) is 48.5 Å². The molecular weight excluding hydrogens is 1050 g/mol. The third-order valence-electron chi connectivity index (χ3n) is 8.85. The van der Waals surface area contributed by atoms with Crippen LogP contribution in [0.1, 0.15) is 50.1 Å². The van der Waals surface area contributed by atoms with Gasteiger partial charge in [-0.05, 0) is 103 Å². The lowest BCUT2D eigenvalue weighted by molar-refractivity contribution is -0.138. The number of thiocarbonyl (C=S) groups is 2. The highest BCUT2D eigenvalue weighted by Crippen LogP contribution is 2.40. The molecule has 73 heavy (non-hydrogen) atoms. The summed E-state index contributed by atoms with van der Waals surface area (Å²) in [5, 5.41) is 34.9. The second-order valence-corrected chi connectivity index (χ2v) is 14.7. The molecule has 0 fully saturated rings. The Balaban J connectivity index is 0.000000299. The number of carbonyl (C=O) groups excluding carboxylic acids is 1. The van der Waals surface area contributed by atoms with Gasteiger partial charge >= 0.3 is 36.9 Å². The van der Waals surface area contributed by atoms with E-state index in [1.807, 2.05) is 10.6 Å². The summed E-state index contributed by atoms with van der Waals surface area (Å²) in [5.74, 6) is 0. The number of benzene rings is 5. The molecule has 0 bridgehead atoms. The number of hydrogen-bond acceptors (Lipinski definition) is 7. The second-order valence-electron chi connectivity index (χ2n) is 13.8. The third-order valence-corrected chi connectivity index (χ3v) is 9.37. The number of ether oxygens (including phenoxy) is 1. The van der Waals surface area contributed by atoms with Gasteiger partial charge in [0, 0.05) is 29.2 Å². The number of methoxy groups -OCH3 is 1. The topological polar surface area (TPSA) is 155 Å². The van der Waals surface area contributed by atoms with Gasteiger partial charge in [0.2, 0.25) is 0 Å². The SMILES string of the molecule is COC(=S)Cc1ccc(C#N)c(C(F)(F)F)c1.[C-]#[N+]c1ccc(NC(=O)Nc2ccc(C#N)c(C(F)(F)F)c2)cc1C(F)(F)F.[C-]#[N+]c1ccc(NC(=S)Nc2ccc(C#N)c(C(F)(F)F)c2)cc1C(F)(F)F. The molecule has 378 valence electrons. The van der Waals surface area contributed by atoms with Crippen molar-refractivity contribution in [2.75, 3.05) is 28.4 Å². The lowest BCUT2D eigenvalue weighted by Gasteiger charge is -2.15. The van der Waals surface area contributed by atoms with Gasteiger partial charge in [0.1, 0.15) is 0 Å². The highest BCUT2D eigenvalue weighted by Gasteiger charge is 2.37. The van der Waals surface area contributed by atoms with Gasteiger partial charge in [-0.15, -0.1) is 0 Å². The van der Waals surface area contributed by atoms with Crippen molar-refractivity contribution < 1.29 is 75.4 Å². The quantitative estimate of drug-likeness (QED) is 0.0739. The highest BCUT2D eigenvalue weighted by atomic mass is 32.1. The monoisotopic (exact) mass is 1070 g/mol. The Morgan fingerprint density at radius 1 is 0.507 bits per heavy atom. The maximum absolute atomic E-state index is 13.0. The summed E-state index contributed by atoms with van der Waals surface area (Å²) in [6.07, 6.45) is -23.6. The van der Waals surface area contributed by atoms with Gasteiger partial charge in [-0.1, -0.05) is 18.2 Å². The van der Waals surface area contributed by atoms with Crippen molar-refractivity contribution >= 4 is 74.8 Å². The van der Waals surface area contributed by atoms with E-state index in [9.17, 15) is 70.7 Å². The van der Waals surface area contributed by atoms with E-state index in [0.29, 0.717) is 29.8 Å². The first-order chi connectivity index (χ1) is 33.8. The molecule has 0 unspecified atom stereocenters. The minimum absolute atomic E-state index is 0.109. The van der Waals surface area contributed by atoms with E-state index in [1.54, 1.807) is 0 Å². The summed E-state index contributed by atoms with van der Waals surface area (Å²) in [7, 11) is 1.36. The molecule has 28 heteroatoms. The van der Waals surface area contributed by atoms with Crippen molar-refractivity contribution in [3.63, 3.8) is 0 Å². The maximum atomic E-state index is 13.0. The Morgan fingerprint density at radius 3 is 1.12 bits per heavy atom. The van der Waals surface area contributed by atoms with Crippen molar-refractivity contribution in [2.24, 2.45) is 0 Å². The smallest absolute Gasteiger partial charge is 0.417 e. The average molecular weight is 1070 g/mol. The molecule has 0 saturated heterocycles. The zero-order valence-electron chi connectivity index (χ0n) is 35.9. The Labute approximate surface area is 412 Å². The molecule has 0 aromatic heterocycles. The molecule has 0 aliphatic carbocycles. The number of halogens is 15. The van der Waals surface area contributed by atoms with Crippen LogP contribution in [0.4, 0.5) is 105 Å². The Bertz CT molecular complexity index is 2790. The van der Waals surface area contributed by atoms with Crippen LogP contribution >= 0.6 is 24.4 Å². The molecule has 11 nitrogen and oxygen atoms in total. The Kier molecular flexibility index (Phi) is 19.3. The van der Waals surface area contributed by atoms with Crippen LogP contribution in [0.25, 0.3) is 9.69 Å². The van der Waals surface area contributed by atoms with Crippen molar-refractivity contribution in [2.45, 2.75) is 37.3 Å². The Morgan fingerprint density at radius 2 is 0.808 bits per heavy atom. The average Bonchev–Trinajstić information content (AvgIpc) is 3.30. The fraction of sp³-hybridized carbons (Fsp3) is 0.156. The number of anilines is 4. The van der Waals surface area contributed by atoms with Crippen LogP contribution in [-0.2, 0) is 42.0 Å². The number of rotatable bonds is 6. The van der Waals surface area contributed by atoms with Crippen molar-refractivity contribution in [3.8, 4) is 18.2 Å². The van der Waals surface area contributed by atoms with Crippen molar-refractivity contribution in [3.05, 3.63) is 164 Å². The maximum Gasteiger partial charge on any atom is 0.417 e. The molecule has 0 atom stereocenters. The van der Waals surface area contributed by atoms with Crippen LogP contribution in [0.3, 0.4) is 0 Å². The van der Waals surface area contributed by atoms with Crippen LogP contribution in [0.5, 0.6) is 0 Å². The van der Waals surface area contributed by atoms with Gasteiger partial charge in [-0.3, -0.25) is 0 Å². The number of nitrogens with zero attached hydrogens (tertiary/aromatic N) is 5. The number of nitrogens with one attached hydrogen (secondary N) is 4. The zero-order valence-corrected chi connectivity index (χ0v) is 37.5. The lowest BCUT2D eigenvalue weighted by Crippen LogP contribution is -2.20. The number of hydrogen-bond donors (Lipinski definition) is 4. The summed E-state index contributed by atoms with van der Waals surface area (Å²) in [6, 6.07) is 17.1. The largest absolute Gasteiger partial charge is 0.490 e. The molecule has 5 aromatic rings. The molecular formula is C45H24F15N9O2S2. The fourth-order valence-corrected chi connectivity index (χ4v) is 6.05. The zero-order chi connectivity index (χ0) is 55.3. The van der Waals surface area contributed by atoms with E-state index in [2.05, 4.69) is 20.3 Å². The van der Waals surface area contributed by atoms with E-state index < -0.39 is 92.8 Å². The molecule has 0 aliphatic rings. The van der Waals surface area contributed by atoms with Crippen molar-refractivity contribution in [1.29, 1.82) is 15.8 Å². The minimum atomic E-state index is -4.84.